The summed E-state index contributed by atoms with van der Waals surface area (Å²) in [7, 11) is 0. The number of halogens is 1. The number of rotatable bonds is 6. The standard InChI is InChI=1S/C15H17FO4/c16-12-8-11(3-4-15(17)18)9-14(10-12)20-7-5-13-2-1-6-19-13/h3-4,8-10,13H,1-2,5-7H2,(H,17,18)/b4-3+. The van der Waals surface area contributed by atoms with Crippen LogP contribution in [-0.2, 0) is 9.53 Å². The zero-order valence-corrected chi connectivity index (χ0v) is 11.0. The molecule has 1 unspecified atom stereocenters. The number of hydrogen-bond donors (Lipinski definition) is 1. The zero-order chi connectivity index (χ0) is 14.4. The topological polar surface area (TPSA) is 55.8 Å². The van der Waals surface area contributed by atoms with E-state index >= 15 is 0 Å². The van der Waals surface area contributed by atoms with Gasteiger partial charge in [0, 0.05) is 25.2 Å². The normalized spacial score (nSPS) is 18.6. The van der Waals surface area contributed by atoms with Crippen LogP contribution in [0.25, 0.3) is 6.08 Å². The first kappa shape index (κ1) is 14.5. The largest absolute Gasteiger partial charge is 0.493 e. The molecule has 0 saturated carbocycles. The summed E-state index contributed by atoms with van der Waals surface area (Å²) in [6.45, 7) is 1.25. The van der Waals surface area contributed by atoms with Crippen LogP contribution in [0.4, 0.5) is 4.39 Å². The first-order valence-electron chi connectivity index (χ1n) is 6.59. The van der Waals surface area contributed by atoms with E-state index in [1.54, 1.807) is 6.07 Å². The van der Waals surface area contributed by atoms with E-state index in [2.05, 4.69) is 0 Å². The lowest BCUT2D eigenvalue weighted by Crippen LogP contribution is -2.10. The van der Waals surface area contributed by atoms with Gasteiger partial charge in [-0.05, 0) is 36.6 Å². The Kier molecular flexibility index (Phi) is 5.12. The summed E-state index contributed by atoms with van der Waals surface area (Å²) >= 11 is 0. The molecule has 1 N–H and O–H groups in total. The fraction of sp³-hybridized carbons (Fsp3) is 0.400. The molecule has 1 saturated heterocycles. The minimum atomic E-state index is -1.07. The van der Waals surface area contributed by atoms with Crippen LogP contribution in [0.1, 0.15) is 24.8 Å². The molecule has 0 spiro atoms. The Labute approximate surface area is 116 Å². The fourth-order valence-electron chi connectivity index (χ4n) is 2.11. The summed E-state index contributed by atoms with van der Waals surface area (Å²) in [5.74, 6) is -1.13. The van der Waals surface area contributed by atoms with Crippen LogP contribution in [0.15, 0.2) is 24.3 Å². The maximum atomic E-state index is 13.4. The number of benzene rings is 1. The minimum Gasteiger partial charge on any atom is -0.493 e. The molecule has 108 valence electrons. The molecule has 1 aromatic carbocycles. The Morgan fingerprint density at radius 1 is 1.50 bits per heavy atom. The molecule has 0 amide bonds. The summed E-state index contributed by atoms with van der Waals surface area (Å²) in [5.41, 5.74) is 0.458. The van der Waals surface area contributed by atoms with Gasteiger partial charge in [-0.2, -0.15) is 0 Å². The number of ether oxygens (including phenoxy) is 2. The van der Waals surface area contributed by atoms with Crippen LogP contribution < -0.4 is 4.74 Å². The van der Waals surface area contributed by atoms with Crippen molar-refractivity contribution >= 4 is 12.0 Å². The highest BCUT2D eigenvalue weighted by Crippen LogP contribution is 2.20. The highest BCUT2D eigenvalue weighted by molar-refractivity contribution is 5.85. The van der Waals surface area contributed by atoms with Gasteiger partial charge in [-0.1, -0.05) is 0 Å². The molecule has 1 aromatic rings. The van der Waals surface area contributed by atoms with Crippen molar-refractivity contribution in [2.24, 2.45) is 0 Å². The van der Waals surface area contributed by atoms with E-state index in [0.29, 0.717) is 17.9 Å². The number of carboxylic acid groups (broad SMARTS) is 1. The number of aliphatic carboxylic acids is 1. The fourth-order valence-corrected chi connectivity index (χ4v) is 2.11. The van der Waals surface area contributed by atoms with Gasteiger partial charge in [0.1, 0.15) is 11.6 Å². The van der Waals surface area contributed by atoms with Crippen molar-refractivity contribution in [2.45, 2.75) is 25.4 Å². The number of carboxylic acids is 1. The number of hydrogen-bond acceptors (Lipinski definition) is 3. The SMILES string of the molecule is O=C(O)/C=C/c1cc(F)cc(OCCC2CCCO2)c1. The Morgan fingerprint density at radius 3 is 3.05 bits per heavy atom. The average Bonchev–Trinajstić information content (AvgIpc) is 2.89. The van der Waals surface area contributed by atoms with Gasteiger partial charge in [0.05, 0.1) is 12.7 Å². The van der Waals surface area contributed by atoms with Gasteiger partial charge in [0.2, 0.25) is 0 Å². The molecule has 1 aliphatic rings. The van der Waals surface area contributed by atoms with Crippen molar-refractivity contribution < 1.29 is 23.8 Å². The smallest absolute Gasteiger partial charge is 0.328 e. The van der Waals surface area contributed by atoms with Gasteiger partial charge >= 0.3 is 5.97 Å². The maximum absolute atomic E-state index is 13.4. The first-order valence-corrected chi connectivity index (χ1v) is 6.59. The second kappa shape index (κ2) is 7.05. The lowest BCUT2D eigenvalue weighted by atomic mass is 10.2. The summed E-state index contributed by atoms with van der Waals surface area (Å²) < 4.78 is 24.4. The van der Waals surface area contributed by atoms with Crippen LogP contribution in [-0.4, -0.2) is 30.4 Å². The molecule has 0 aliphatic carbocycles. The van der Waals surface area contributed by atoms with Crippen molar-refractivity contribution in [1.82, 2.24) is 0 Å². The van der Waals surface area contributed by atoms with E-state index in [4.69, 9.17) is 14.6 Å². The second-order valence-corrected chi connectivity index (χ2v) is 4.66. The average molecular weight is 280 g/mol. The summed E-state index contributed by atoms with van der Waals surface area (Å²) in [4.78, 5) is 10.4. The second-order valence-electron chi connectivity index (χ2n) is 4.66. The molecule has 0 radical (unpaired) electrons. The monoisotopic (exact) mass is 280 g/mol. The van der Waals surface area contributed by atoms with Crippen molar-refractivity contribution in [2.75, 3.05) is 13.2 Å². The molecule has 0 bridgehead atoms. The van der Waals surface area contributed by atoms with E-state index in [1.807, 2.05) is 0 Å². The van der Waals surface area contributed by atoms with Gasteiger partial charge in [0.15, 0.2) is 0 Å². The molecule has 2 rings (SSSR count). The molecule has 0 aromatic heterocycles. The van der Waals surface area contributed by atoms with Crippen molar-refractivity contribution in [1.29, 1.82) is 0 Å². The molecule has 1 fully saturated rings. The summed E-state index contributed by atoms with van der Waals surface area (Å²) in [6.07, 6.45) is 5.42. The molecule has 4 nitrogen and oxygen atoms in total. The Bertz CT molecular complexity index is 493. The van der Waals surface area contributed by atoms with Crippen LogP contribution in [0.2, 0.25) is 0 Å². The van der Waals surface area contributed by atoms with Crippen LogP contribution in [0, 0.1) is 5.82 Å². The van der Waals surface area contributed by atoms with Gasteiger partial charge in [-0.15, -0.1) is 0 Å². The summed E-state index contributed by atoms with van der Waals surface area (Å²) in [6, 6.07) is 4.15. The molecular formula is C15H17FO4. The predicted molar refractivity (Wildman–Crippen MR) is 72.2 cm³/mol. The van der Waals surface area contributed by atoms with Crippen molar-refractivity contribution in [3.8, 4) is 5.75 Å². The molecular weight excluding hydrogens is 263 g/mol. The van der Waals surface area contributed by atoms with Gasteiger partial charge in [-0.25, -0.2) is 9.18 Å². The first-order chi connectivity index (χ1) is 9.63. The van der Waals surface area contributed by atoms with Crippen LogP contribution in [0.5, 0.6) is 5.75 Å². The molecule has 20 heavy (non-hydrogen) atoms. The van der Waals surface area contributed by atoms with E-state index in [1.165, 1.54) is 18.2 Å². The van der Waals surface area contributed by atoms with E-state index in [0.717, 1.165) is 31.9 Å². The molecule has 5 heteroatoms. The van der Waals surface area contributed by atoms with Crippen LogP contribution in [0.3, 0.4) is 0 Å². The third-order valence-corrected chi connectivity index (χ3v) is 3.04. The molecule has 1 heterocycles. The predicted octanol–water partition coefficient (Wildman–Crippen LogP) is 2.87. The van der Waals surface area contributed by atoms with Gasteiger partial charge < -0.3 is 14.6 Å². The zero-order valence-electron chi connectivity index (χ0n) is 11.0. The minimum absolute atomic E-state index is 0.231. The lowest BCUT2D eigenvalue weighted by molar-refractivity contribution is -0.131. The maximum Gasteiger partial charge on any atom is 0.328 e. The van der Waals surface area contributed by atoms with Crippen molar-refractivity contribution in [3.63, 3.8) is 0 Å². The lowest BCUT2D eigenvalue weighted by Gasteiger charge is -2.11. The molecule has 1 atom stereocenters. The van der Waals surface area contributed by atoms with Crippen LogP contribution >= 0.6 is 0 Å². The van der Waals surface area contributed by atoms with E-state index in [-0.39, 0.29) is 6.10 Å². The highest BCUT2D eigenvalue weighted by Gasteiger charge is 2.15. The molecule has 1 aliphatic heterocycles. The quantitative estimate of drug-likeness (QED) is 0.814. The number of carbonyl (C=O) groups is 1. The summed E-state index contributed by atoms with van der Waals surface area (Å²) in [5, 5.41) is 8.55. The van der Waals surface area contributed by atoms with Gasteiger partial charge in [-0.3, -0.25) is 0 Å². The third-order valence-electron chi connectivity index (χ3n) is 3.04. The Morgan fingerprint density at radius 2 is 2.35 bits per heavy atom. The van der Waals surface area contributed by atoms with Gasteiger partial charge in [0.25, 0.3) is 0 Å². The van der Waals surface area contributed by atoms with E-state index in [9.17, 15) is 9.18 Å². The highest BCUT2D eigenvalue weighted by atomic mass is 19.1. The van der Waals surface area contributed by atoms with E-state index < -0.39 is 11.8 Å². The Balaban J connectivity index is 1.91. The Hall–Kier alpha value is -1.88. The third kappa shape index (κ3) is 4.66. The van der Waals surface area contributed by atoms with Crippen molar-refractivity contribution in [3.05, 3.63) is 35.7 Å².